The number of aromatic amines is 1. The van der Waals surface area contributed by atoms with E-state index in [0.29, 0.717) is 30.0 Å². The van der Waals surface area contributed by atoms with E-state index < -0.39 is 23.6 Å². The smallest absolute Gasteiger partial charge is 0.322 e. The summed E-state index contributed by atoms with van der Waals surface area (Å²) >= 11 is 0. The van der Waals surface area contributed by atoms with E-state index in [1.807, 2.05) is 0 Å². The third-order valence-corrected chi connectivity index (χ3v) is 4.80. The van der Waals surface area contributed by atoms with E-state index >= 15 is 0 Å². The maximum absolute atomic E-state index is 14.6. The number of halogens is 3. The number of aromatic nitrogens is 2. The lowest BCUT2D eigenvalue weighted by atomic mass is 10.0. The van der Waals surface area contributed by atoms with Crippen molar-refractivity contribution in [3.05, 3.63) is 65.2 Å². The molecule has 0 aliphatic carbocycles. The molecule has 0 spiro atoms. The number of benzene rings is 2. The summed E-state index contributed by atoms with van der Waals surface area (Å²) in [5, 5.41) is 8.41. The number of carbonyl (C=O) groups is 1. The Morgan fingerprint density at radius 2 is 2.03 bits per heavy atom. The Kier molecular flexibility index (Phi) is 4.87. The minimum atomic E-state index is -0.720. The van der Waals surface area contributed by atoms with Crippen molar-refractivity contribution in [3.63, 3.8) is 0 Å². The number of hydrogen-bond acceptors (Lipinski definition) is 3. The lowest BCUT2D eigenvalue weighted by Crippen LogP contribution is -2.38. The first-order valence-electron chi connectivity index (χ1n) is 8.86. The van der Waals surface area contributed by atoms with Gasteiger partial charge in [-0.1, -0.05) is 0 Å². The first kappa shape index (κ1) is 18.9. The zero-order chi connectivity index (χ0) is 20.5. The Morgan fingerprint density at radius 1 is 1.21 bits per heavy atom. The first-order valence-corrected chi connectivity index (χ1v) is 8.86. The second kappa shape index (κ2) is 7.50. The van der Waals surface area contributed by atoms with Crippen LogP contribution in [0.1, 0.15) is 11.1 Å². The summed E-state index contributed by atoms with van der Waals surface area (Å²) in [6.45, 7) is 0.435. The van der Waals surface area contributed by atoms with Gasteiger partial charge in [0.15, 0.2) is 0 Å². The fourth-order valence-electron chi connectivity index (χ4n) is 3.40. The van der Waals surface area contributed by atoms with Crippen LogP contribution in [-0.4, -0.2) is 29.9 Å². The summed E-state index contributed by atoms with van der Waals surface area (Å²) in [7, 11) is 1.43. The maximum Gasteiger partial charge on any atom is 0.322 e. The molecule has 6 nitrogen and oxygen atoms in total. The van der Waals surface area contributed by atoms with E-state index in [9.17, 15) is 18.0 Å². The standard InChI is InChI=1S/C20H17F3N4O2/c1-29-14-5-11(4-13(21)7-14)9-24-20(28)27-3-2-12-6-15(17(22)8-18(12)27)16-10-25-26-19(16)23/h4-8,10H,2-3,9H2,1H3,(H,24,28)(H,25,26). The number of rotatable bonds is 4. The largest absolute Gasteiger partial charge is 0.497 e. The van der Waals surface area contributed by atoms with Gasteiger partial charge in [0.25, 0.3) is 0 Å². The number of hydrogen-bond donors (Lipinski definition) is 2. The normalized spacial score (nSPS) is 12.8. The summed E-state index contributed by atoms with van der Waals surface area (Å²) in [4.78, 5) is 14.0. The average Bonchev–Trinajstić information content (AvgIpc) is 3.30. The van der Waals surface area contributed by atoms with Crippen LogP contribution < -0.4 is 15.0 Å². The zero-order valence-corrected chi connectivity index (χ0v) is 15.4. The number of methoxy groups -OCH3 is 1. The number of carbonyl (C=O) groups excluding carboxylic acids is 1. The van der Waals surface area contributed by atoms with Crippen LogP contribution >= 0.6 is 0 Å². The van der Waals surface area contributed by atoms with E-state index in [0.717, 1.165) is 5.56 Å². The number of amides is 2. The Bertz CT molecular complexity index is 1080. The lowest BCUT2D eigenvalue weighted by molar-refractivity contribution is 0.246. The molecule has 0 unspecified atom stereocenters. The molecule has 2 N–H and O–H groups in total. The fourth-order valence-corrected chi connectivity index (χ4v) is 3.40. The Morgan fingerprint density at radius 3 is 2.76 bits per heavy atom. The monoisotopic (exact) mass is 402 g/mol. The Labute approximate surface area is 164 Å². The van der Waals surface area contributed by atoms with Gasteiger partial charge in [-0.3, -0.25) is 10.00 Å². The number of urea groups is 1. The second-order valence-electron chi connectivity index (χ2n) is 6.62. The second-order valence-corrected chi connectivity index (χ2v) is 6.62. The van der Waals surface area contributed by atoms with Gasteiger partial charge in [-0.2, -0.15) is 9.49 Å². The van der Waals surface area contributed by atoms with Crippen LogP contribution in [-0.2, 0) is 13.0 Å². The number of anilines is 1. The van der Waals surface area contributed by atoms with E-state index in [-0.39, 0.29) is 17.7 Å². The quantitative estimate of drug-likeness (QED) is 0.698. The van der Waals surface area contributed by atoms with Crippen LogP contribution in [0.3, 0.4) is 0 Å². The highest BCUT2D eigenvalue weighted by Gasteiger charge is 2.27. The van der Waals surface area contributed by atoms with Crippen LogP contribution in [0.2, 0.25) is 0 Å². The van der Waals surface area contributed by atoms with Crippen LogP contribution in [0.15, 0.2) is 36.5 Å². The van der Waals surface area contributed by atoms with Gasteiger partial charge in [-0.15, -0.1) is 0 Å². The summed E-state index contributed by atoms with van der Waals surface area (Å²) < 4.78 is 46.9. The molecular weight excluding hydrogens is 385 g/mol. The molecule has 0 atom stereocenters. The van der Waals surface area contributed by atoms with Gasteiger partial charge < -0.3 is 10.1 Å². The van der Waals surface area contributed by atoms with Crippen LogP contribution in [0.4, 0.5) is 23.7 Å². The molecule has 1 aliphatic rings. The number of fused-ring (bicyclic) bond motifs is 1. The zero-order valence-electron chi connectivity index (χ0n) is 15.4. The topological polar surface area (TPSA) is 70.2 Å². The highest BCUT2D eigenvalue weighted by atomic mass is 19.1. The van der Waals surface area contributed by atoms with E-state index in [1.54, 1.807) is 6.07 Å². The van der Waals surface area contributed by atoms with Gasteiger partial charge in [-0.05, 0) is 41.8 Å². The molecule has 150 valence electrons. The summed E-state index contributed by atoms with van der Waals surface area (Å²) in [5.74, 6) is -1.50. The minimum Gasteiger partial charge on any atom is -0.497 e. The molecular formula is C20H17F3N4O2. The molecule has 1 aromatic heterocycles. The molecule has 0 fully saturated rings. The summed E-state index contributed by atoms with van der Waals surface area (Å²) in [6, 6.07) is 6.47. The highest BCUT2D eigenvalue weighted by molar-refractivity contribution is 5.94. The number of H-pyrrole nitrogens is 1. The van der Waals surface area contributed by atoms with E-state index in [1.165, 1.54) is 42.5 Å². The number of ether oxygens (including phenoxy) is 1. The molecule has 29 heavy (non-hydrogen) atoms. The van der Waals surface area contributed by atoms with Gasteiger partial charge in [0.1, 0.15) is 17.4 Å². The third-order valence-electron chi connectivity index (χ3n) is 4.80. The number of nitrogens with one attached hydrogen (secondary N) is 2. The predicted octanol–water partition coefficient (Wildman–Crippen LogP) is 3.77. The maximum atomic E-state index is 14.6. The lowest BCUT2D eigenvalue weighted by Gasteiger charge is -2.19. The van der Waals surface area contributed by atoms with E-state index in [2.05, 4.69) is 15.5 Å². The van der Waals surface area contributed by atoms with Crippen LogP contribution in [0.25, 0.3) is 11.1 Å². The molecule has 3 aromatic rings. The SMILES string of the molecule is COc1cc(F)cc(CNC(=O)N2CCc3cc(-c4cn[nH]c4F)c(F)cc32)c1. The van der Waals surface area contributed by atoms with Gasteiger partial charge in [-0.25, -0.2) is 13.6 Å². The van der Waals surface area contributed by atoms with Crippen molar-refractivity contribution in [2.75, 3.05) is 18.6 Å². The van der Waals surface area contributed by atoms with Crippen molar-refractivity contribution in [2.24, 2.45) is 0 Å². The highest BCUT2D eigenvalue weighted by Crippen LogP contribution is 2.35. The predicted molar refractivity (Wildman–Crippen MR) is 100 cm³/mol. The molecule has 0 saturated heterocycles. The van der Waals surface area contributed by atoms with Crippen molar-refractivity contribution < 1.29 is 22.7 Å². The molecule has 2 amide bonds. The minimum absolute atomic E-state index is 0.0354. The molecule has 4 rings (SSSR count). The van der Waals surface area contributed by atoms with E-state index in [4.69, 9.17) is 4.74 Å². The molecule has 2 aromatic carbocycles. The van der Waals surface area contributed by atoms with Gasteiger partial charge in [0.05, 0.1) is 24.6 Å². The Balaban J connectivity index is 1.52. The molecule has 0 radical (unpaired) electrons. The van der Waals surface area contributed by atoms with Gasteiger partial charge in [0.2, 0.25) is 5.95 Å². The van der Waals surface area contributed by atoms with Gasteiger partial charge in [0, 0.05) is 24.7 Å². The molecule has 0 saturated carbocycles. The summed E-state index contributed by atoms with van der Waals surface area (Å²) in [5.41, 5.74) is 1.80. The molecule has 0 bridgehead atoms. The molecule has 1 aliphatic heterocycles. The third kappa shape index (κ3) is 3.63. The fraction of sp³-hybridized carbons (Fsp3) is 0.200. The molecule has 9 heteroatoms. The first-order chi connectivity index (χ1) is 14.0. The molecule has 2 heterocycles. The van der Waals surface area contributed by atoms with Crippen molar-refractivity contribution in [1.82, 2.24) is 15.5 Å². The van der Waals surface area contributed by atoms with Crippen molar-refractivity contribution >= 4 is 11.7 Å². The van der Waals surface area contributed by atoms with Crippen molar-refractivity contribution in [2.45, 2.75) is 13.0 Å². The van der Waals surface area contributed by atoms with Crippen molar-refractivity contribution in [3.8, 4) is 16.9 Å². The average molecular weight is 402 g/mol. The Hall–Kier alpha value is -3.49. The van der Waals surface area contributed by atoms with Crippen LogP contribution in [0, 0.1) is 17.6 Å². The number of nitrogens with zero attached hydrogens (tertiary/aromatic N) is 2. The summed E-state index contributed by atoms with van der Waals surface area (Å²) in [6.07, 6.45) is 1.72. The van der Waals surface area contributed by atoms with Crippen molar-refractivity contribution in [1.29, 1.82) is 0 Å². The van der Waals surface area contributed by atoms with Gasteiger partial charge >= 0.3 is 6.03 Å². The van der Waals surface area contributed by atoms with Crippen LogP contribution in [0.5, 0.6) is 5.75 Å².